The molecule has 0 unspecified atom stereocenters. The van der Waals surface area contributed by atoms with Crippen LogP contribution in [-0.2, 0) is 9.53 Å². The molecule has 1 aromatic carbocycles. The van der Waals surface area contributed by atoms with Crippen LogP contribution in [0.15, 0.2) is 41.3 Å². The number of aromatic nitrogens is 2. The SMILES string of the molecule is O=C1NC(=O)C(=Cc2cc(N3CCOCC3)nc(N3CC4(CN(C(=O)c5ccccc5)C4)C3)n2)S1. The first-order valence-corrected chi connectivity index (χ1v) is 12.4. The van der Waals surface area contributed by atoms with Crippen molar-refractivity contribution in [2.24, 2.45) is 5.41 Å². The van der Waals surface area contributed by atoms with Gasteiger partial charge in [-0.15, -0.1) is 0 Å². The van der Waals surface area contributed by atoms with Crippen molar-refractivity contribution in [2.45, 2.75) is 0 Å². The molecule has 1 spiro atoms. The molecular weight excluding hydrogens is 468 g/mol. The molecule has 6 rings (SSSR count). The van der Waals surface area contributed by atoms with Crippen LogP contribution < -0.4 is 15.1 Å². The fourth-order valence-corrected chi connectivity index (χ4v) is 5.61. The number of thioether (sulfide) groups is 1. The highest BCUT2D eigenvalue weighted by molar-refractivity contribution is 8.18. The number of ether oxygens (including phenoxy) is 1. The Balaban J connectivity index is 1.19. The molecule has 1 aromatic heterocycles. The van der Waals surface area contributed by atoms with Crippen LogP contribution in [0.4, 0.5) is 16.6 Å². The van der Waals surface area contributed by atoms with Gasteiger partial charge >= 0.3 is 0 Å². The van der Waals surface area contributed by atoms with Crippen molar-refractivity contribution in [1.82, 2.24) is 20.2 Å². The molecule has 1 N–H and O–H groups in total. The van der Waals surface area contributed by atoms with E-state index < -0.39 is 5.91 Å². The highest BCUT2D eigenvalue weighted by Gasteiger charge is 2.54. The van der Waals surface area contributed by atoms with Crippen molar-refractivity contribution in [1.29, 1.82) is 0 Å². The van der Waals surface area contributed by atoms with Gasteiger partial charge in [-0.3, -0.25) is 19.7 Å². The second kappa shape index (κ2) is 8.65. The van der Waals surface area contributed by atoms with Crippen molar-refractivity contribution in [3.05, 3.63) is 52.6 Å². The minimum atomic E-state index is -0.409. The van der Waals surface area contributed by atoms with Crippen molar-refractivity contribution in [3.63, 3.8) is 0 Å². The highest BCUT2D eigenvalue weighted by Crippen LogP contribution is 2.42. The zero-order chi connectivity index (χ0) is 24.0. The van der Waals surface area contributed by atoms with Crippen LogP contribution in [0.3, 0.4) is 0 Å². The summed E-state index contributed by atoms with van der Waals surface area (Å²) in [5, 5.41) is 1.90. The third-order valence-electron chi connectivity index (χ3n) is 6.67. The molecule has 11 heteroatoms. The van der Waals surface area contributed by atoms with Gasteiger partial charge in [0, 0.05) is 56.3 Å². The van der Waals surface area contributed by atoms with Crippen LogP contribution in [0, 0.1) is 5.41 Å². The Labute approximate surface area is 206 Å². The largest absolute Gasteiger partial charge is 0.378 e. The number of morpholine rings is 1. The monoisotopic (exact) mass is 492 g/mol. The minimum absolute atomic E-state index is 0.0645. The van der Waals surface area contributed by atoms with Gasteiger partial charge in [0.05, 0.1) is 23.8 Å². The number of carbonyl (C=O) groups is 3. The maximum absolute atomic E-state index is 12.7. The Hall–Kier alpha value is -3.44. The number of imide groups is 1. The van der Waals surface area contributed by atoms with Gasteiger partial charge < -0.3 is 19.4 Å². The summed E-state index contributed by atoms with van der Waals surface area (Å²) in [6, 6.07) is 11.2. The first-order chi connectivity index (χ1) is 17.0. The fourth-order valence-electron chi connectivity index (χ4n) is 4.94. The third kappa shape index (κ3) is 4.25. The van der Waals surface area contributed by atoms with E-state index in [9.17, 15) is 14.4 Å². The molecule has 0 bridgehead atoms. The molecule has 35 heavy (non-hydrogen) atoms. The number of carbonyl (C=O) groups excluding carboxylic acids is 3. The van der Waals surface area contributed by atoms with Crippen molar-refractivity contribution < 1.29 is 19.1 Å². The van der Waals surface area contributed by atoms with Crippen molar-refractivity contribution >= 4 is 46.7 Å². The number of rotatable bonds is 4. The van der Waals surface area contributed by atoms with E-state index in [0.29, 0.717) is 35.3 Å². The molecule has 5 heterocycles. The quantitative estimate of drug-likeness (QED) is 0.637. The zero-order valence-corrected chi connectivity index (χ0v) is 19.8. The lowest BCUT2D eigenvalue weighted by molar-refractivity contribution is -0.115. The number of anilines is 2. The van der Waals surface area contributed by atoms with E-state index in [0.717, 1.165) is 56.8 Å². The summed E-state index contributed by atoms with van der Waals surface area (Å²) in [6.45, 7) is 5.67. The van der Waals surface area contributed by atoms with E-state index in [1.165, 1.54) is 0 Å². The molecule has 0 radical (unpaired) electrons. The van der Waals surface area contributed by atoms with Crippen molar-refractivity contribution in [2.75, 3.05) is 62.3 Å². The number of hydrogen-bond acceptors (Lipinski definition) is 9. The lowest BCUT2D eigenvalue weighted by Crippen LogP contribution is -2.73. The van der Waals surface area contributed by atoms with Gasteiger partial charge in [-0.25, -0.2) is 4.98 Å². The summed E-state index contributed by atoms with van der Waals surface area (Å²) in [4.78, 5) is 52.3. The van der Waals surface area contributed by atoms with Crippen LogP contribution >= 0.6 is 11.8 Å². The standard InChI is InChI=1S/C24H24N6O4S/c31-20-18(35-23(33)27-20)10-17-11-19(28-6-8-34-9-7-28)26-22(25-17)30-14-24(15-30)12-29(13-24)21(32)16-4-2-1-3-5-16/h1-5,10-11H,6-9,12-15H2,(H,27,31,33). The molecule has 0 aliphatic carbocycles. The number of amides is 3. The van der Waals surface area contributed by atoms with Crippen LogP contribution in [-0.4, -0.2) is 84.4 Å². The topological polar surface area (TPSA) is 108 Å². The summed E-state index contributed by atoms with van der Waals surface area (Å²) in [6.07, 6.45) is 1.64. The molecule has 180 valence electrons. The smallest absolute Gasteiger partial charge is 0.290 e. The number of nitrogens with one attached hydrogen (secondary N) is 1. The van der Waals surface area contributed by atoms with E-state index in [1.807, 2.05) is 41.3 Å². The molecule has 2 aromatic rings. The zero-order valence-electron chi connectivity index (χ0n) is 19.0. The van der Waals surface area contributed by atoms with Gasteiger partial charge in [-0.1, -0.05) is 18.2 Å². The lowest BCUT2D eigenvalue weighted by atomic mass is 9.72. The first-order valence-electron chi connectivity index (χ1n) is 11.5. The predicted molar refractivity (Wildman–Crippen MR) is 131 cm³/mol. The molecule has 4 aliphatic heterocycles. The normalized spacial score (nSPS) is 22.3. The van der Waals surface area contributed by atoms with Gasteiger partial charge in [0.2, 0.25) is 5.95 Å². The maximum atomic E-state index is 12.7. The molecule has 0 saturated carbocycles. The van der Waals surface area contributed by atoms with E-state index in [-0.39, 0.29) is 16.6 Å². The Morgan fingerprint density at radius 3 is 2.46 bits per heavy atom. The molecule has 10 nitrogen and oxygen atoms in total. The van der Waals surface area contributed by atoms with Crippen molar-refractivity contribution in [3.8, 4) is 0 Å². The van der Waals surface area contributed by atoms with Crippen LogP contribution in [0.2, 0.25) is 0 Å². The molecule has 3 amide bonds. The highest BCUT2D eigenvalue weighted by atomic mass is 32.2. The fraction of sp³-hybridized carbons (Fsp3) is 0.375. The first kappa shape index (κ1) is 22.1. The molecule has 4 aliphatic rings. The lowest BCUT2D eigenvalue weighted by Gasteiger charge is -2.60. The average Bonchev–Trinajstić information content (AvgIpc) is 3.14. The van der Waals surface area contributed by atoms with Gasteiger partial charge in [0.15, 0.2) is 0 Å². The number of likely N-dealkylation sites (tertiary alicyclic amines) is 1. The second-order valence-electron chi connectivity index (χ2n) is 9.29. The molecule has 4 saturated heterocycles. The Kier molecular flexibility index (Phi) is 5.45. The van der Waals surface area contributed by atoms with Gasteiger partial charge in [-0.2, -0.15) is 4.98 Å². The maximum Gasteiger partial charge on any atom is 0.290 e. The predicted octanol–water partition coefficient (Wildman–Crippen LogP) is 1.60. The van der Waals surface area contributed by atoms with E-state index in [1.54, 1.807) is 6.08 Å². The van der Waals surface area contributed by atoms with Crippen LogP contribution in [0.25, 0.3) is 6.08 Å². The summed E-state index contributed by atoms with van der Waals surface area (Å²) in [5.74, 6) is 1.02. The number of benzene rings is 1. The summed E-state index contributed by atoms with van der Waals surface area (Å²) in [7, 11) is 0. The summed E-state index contributed by atoms with van der Waals surface area (Å²) in [5.41, 5.74) is 1.36. The minimum Gasteiger partial charge on any atom is -0.378 e. The third-order valence-corrected chi connectivity index (χ3v) is 7.48. The van der Waals surface area contributed by atoms with Crippen LogP contribution in [0.5, 0.6) is 0 Å². The Morgan fingerprint density at radius 1 is 1.03 bits per heavy atom. The summed E-state index contributed by atoms with van der Waals surface area (Å²) < 4.78 is 5.47. The van der Waals surface area contributed by atoms with Gasteiger partial charge in [-0.05, 0) is 30.0 Å². The average molecular weight is 493 g/mol. The van der Waals surface area contributed by atoms with Gasteiger partial charge in [0.1, 0.15) is 5.82 Å². The molecular formula is C24H24N6O4S. The van der Waals surface area contributed by atoms with E-state index in [2.05, 4.69) is 15.1 Å². The Bertz CT molecular complexity index is 1220. The summed E-state index contributed by atoms with van der Waals surface area (Å²) >= 11 is 0.874. The Morgan fingerprint density at radius 2 is 1.77 bits per heavy atom. The molecule has 0 atom stereocenters. The van der Waals surface area contributed by atoms with Crippen LogP contribution in [0.1, 0.15) is 16.1 Å². The van der Waals surface area contributed by atoms with Gasteiger partial charge in [0.25, 0.3) is 17.1 Å². The number of hydrogen-bond donors (Lipinski definition) is 1. The van der Waals surface area contributed by atoms with E-state index in [4.69, 9.17) is 14.7 Å². The number of nitrogens with zero attached hydrogens (tertiary/aromatic N) is 5. The second-order valence-corrected chi connectivity index (χ2v) is 10.3. The molecule has 4 fully saturated rings. The van der Waals surface area contributed by atoms with E-state index >= 15 is 0 Å².